The molecule has 0 amide bonds. The number of carbonyl (C=O) groups is 6. The molecule has 1 aliphatic carbocycles. The quantitative estimate of drug-likeness (QED) is 0.212. The van der Waals surface area contributed by atoms with Crippen LogP contribution >= 0.6 is 0 Å². The second-order valence-corrected chi connectivity index (χ2v) is 8.17. The van der Waals surface area contributed by atoms with Crippen molar-refractivity contribution in [2.45, 2.75) is 64.4 Å². The van der Waals surface area contributed by atoms with E-state index in [1.165, 1.54) is 24.3 Å². The van der Waals surface area contributed by atoms with Gasteiger partial charge in [-0.2, -0.15) is 0 Å². The van der Waals surface area contributed by atoms with Crippen LogP contribution in [0.5, 0.6) is 11.5 Å². The molecule has 13 heteroatoms. The summed E-state index contributed by atoms with van der Waals surface area (Å²) in [7, 11) is 0. The van der Waals surface area contributed by atoms with E-state index < -0.39 is 72.6 Å². The van der Waals surface area contributed by atoms with Crippen molar-refractivity contribution in [1.29, 1.82) is 0 Å². The molecule has 1 aliphatic rings. The lowest BCUT2D eigenvalue weighted by molar-refractivity contribution is -0.212. The first-order valence-corrected chi connectivity index (χ1v) is 10.9. The number of carboxylic acids is 1. The molecule has 37 heavy (non-hydrogen) atoms. The first kappa shape index (κ1) is 29.0. The van der Waals surface area contributed by atoms with E-state index in [4.69, 9.17) is 23.7 Å². The van der Waals surface area contributed by atoms with Gasteiger partial charge in [-0.15, -0.1) is 0 Å². The molecular weight excluding hydrogens is 496 g/mol. The normalized spacial score (nSPS) is 23.0. The van der Waals surface area contributed by atoms with E-state index in [0.717, 1.165) is 33.8 Å². The zero-order valence-corrected chi connectivity index (χ0v) is 20.4. The highest BCUT2D eigenvalue weighted by Crippen LogP contribution is 2.35. The number of hydrogen-bond acceptors (Lipinski definition) is 12. The predicted molar refractivity (Wildman–Crippen MR) is 121 cm³/mol. The largest absolute Gasteiger partial charge is 0.479 e. The van der Waals surface area contributed by atoms with E-state index >= 15 is 0 Å². The van der Waals surface area contributed by atoms with Crippen molar-refractivity contribution in [2.24, 2.45) is 0 Å². The van der Waals surface area contributed by atoms with E-state index in [1.807, 2.05) is 0 Å². The Bertz CT molecular complexity index is 1120. The van der Waals surface area contributed by atoms with Crippen molar-refractivity contribution in [3.63, 3.8) is 0 Å². The summed E-state index contributed by atoms with van der Waals surface area (Å²) >= 11 is 0. The fourth-order valence-corrected chi connectivity index (χ4v) is 3.62. The van der Waals surface area contributed by atoms with Crippen molar-refractivity contribution >= 4 is 41.9 Å². The highest BCUT2D eigenvalue weighted by Gasteiger charge is 2.54. The number of rotatable bonds is 8. The highest BCUT2D eigenvalue weighted by atomic mass is 16.6. The lowest BCUT2D eigenvalue weighted by Gasteiger charge is -2.41. The van der Waals surface area contributed by atoms with Crippen LogP contribution < -0.4 is 9.47 Å². The molecule has 0 spiro atoms. The van der Waals surface area contributed by atoms with Crippen LogP contribution in [0.1, 0.15) is 46.1 Å². The molecule has 1 aromatic rings. The fraction of sp³-hybridized carbons (Fsp3) is 0.417. The SMILES string of the molecule is CC(=O)Oc1ccc(/C=C/C(=O)O[C@@H]2C[C@](O)(C(=O)O)C[C@@H](OC(C)=O)[C@H]2OC(C)=O)cc1OC(C)=O. The molecule has 0 unspecified atom stereocenters. The van der Waals surface area contributed by atoms with Gasteiger partial charge < -0.3 is 33.9 Å². The van der Waals surface area contributed by atoms with E-state index in [9.17, 15) is 39.0 Å². The molecule has 13 nitrogen and oxygen atoms in total. The van der Waals surface area contributed by atoms with Crippen LogP contribution in [0.3, 0.4) is 0 Å². The maximum absolute atomic E-state index is 12.6. The second kappa shape index (κ2) is 12.1. The minimum atomic E-state index is -2.43. The molecule has 0 bridgehead atoms. The summed E-state index contributed by atoms with van der Waals surface area (Å²) in [4.78, 5) is 70.0. The Labute approximate surface area is 210 Å². The first-order valence-electron chi connectivity index (χ1n) is 10.9. The smallest absolute Gasteiger partial charge is 0.335 e. The van der Waals surface area contributed by atoms with Gasteiger partial charge in [0.15, 0.2) is 23.2 Å². The molecule has 1 fully saturated rings. The Hall–Kier alpha value is -4.26. The van der Waals surface area contributed by atoms with Crippen LogP contribution in [0, 0.1) is 0 Å². The summed E-state index contributed by atoms with van der Waals surface area (Å²) in [5, 5.41) is 20.0. The maximum Gasteiger partial charge on any atom is 0.335 e. The molecule has 200 valence electrons. The highest BCUT2D eigenvalue weighted by molar-refractivity contribution is 5.87. The van der Waals surface area contributed by atoms with Crippen molar-refractivity contribution in [1.82, 2.24) is 0 Å². The zero-order valence-electron chi connectivity index (χ0n) is 20.4. The molecule has 0 aromatic heterocycles. The van der Waals surface area contributed by atoms with Crippen LogP contribution in [0.15, 0.2) is 24.3 Å². The Kier molecular flexibility index (Phi) is 9.49. The van der Waals surface area contributed by atoms with Crippen LogP contribution in [0.2, 0.25) is 0 Å². The minimum Gasteiger partial charge on any atom is -0.479 e. The summed E-state index contributed by atoms with van der Waals surface area (Å²) in [6.45, 7) is 4.40. The van der Waals surface area contributed by atoms with Gasteiger partial charge in [-0.3, -0.25) is 19.2 Å². The standard InChI is InChI=1S/C24H26O13/c1-12(25)33-17-7-5-16(9-18(17)34-13(2)26)6-8-21(29)37-20-11-24(32,23(30)31)10-19(35-14(3)27)22(20)36-15(4)28/h5-9,19-20,22,32H,10-11H2,1-4H3,(H,30,31)/b8-6+/t19-,20-,22-,24+/m1/s1. The molecule has 1 saturated carbocycles. The molecule has 0 radical (unpaired) electrons. The molecule has 0 heterocycles. The van der Waals surface area contributed by atoms with Crippen LogP contribution in [0.4, 0.5) is 0 Å². The number of carbonyl (C=O) groups excluding carboxylic acids is 5. The van der Waals surface area contributed by atoms with Gasteiger partial charge in [-0.05, 0) is 23.8 Å². The summed E-state index contributed by atoms with van der Waals surface area (Å²) in [6, 6.07) is 4.09. The third-order valence-electron chi connectivity index (χ3n) is 4.98. The Morgan fingerprint density at radius 1 is 0.811 bits per heavy atom. The topological polar surface area (TPSA) is 189 Å². The number of carboxylic acid groups (broad SMARTS) is 1. The number of benzene rings is 1. The Morgan fingerprint density at radius 3 is 1.86 bits per heavy atom. The van der Waals surface area contributed by atoms with Gasteiger partial charge in [-0.1, -0.05) is 6.07 Å². The van der Waals surface area contributed by atoms with E-state index in [1.54, 1.807) is 0 Å². The maximum atomic E-state index is 12.6. The molecule has 2 rings (SSSR count). The van der Waals surface area contributed by atoms with Crippen molar-refractivity contribution in [2.75, 3.05) is 0 Å². The molecule has 2 N–H and O–H groups in total. The number of ether oxygens (including phenoxy) is 5. The summed E-state index contributed by atoms with van der Waals surface area (Å²) < 4.78 is 25.5. The van der Waals surface area contributed by atoms with Crippen LogP contribution in [-0.4, -0.2) is 69.9 Å². The van der Waals surface area contributed by atoms with Gasteiger partial charge in [0.1, 0.15) is 12.2 Å². The number of esters is 5. The minimum absolute atomic E-state index is 0.0293. The van der Waals surface area contributed by atoms with Crippen molar-refractivity contribution < 1.29 is 62.7 Å². The molecule has 4 atom stereocenters. The third kappa shape index (κ3) is 8.42. The molecule has 1 aromatic carbocycles. The number of aliphatic hydroxyl groups is 1. The monoisotopic (exact) mass is 522 g/mol. The van der Waals surface area contributed by atoms with E-state index in [2.05, 4.69) is 0 Å². The summed E-state index contributed by atoms with van der Waals surface area (Å²) in [5.74, 6) is -5.76. The van der Waals surface area contributed by atoms with Crippen molar-refractivity contribution in [3.05, 3.63) is 29.8 Å². The lowest BCUT2D eigenvalue weighted by atomic mass is 9.79. The molecular formula is C24H26O13. The Balaban J connectivity index is 2.29. The average Bonchev–Trinajstić information content (AvgIpc) is 2.75. The second-order valence-electron chi connectivity index (χ2n) is 8.17. The average molecular weight is 522 g/mol. The summed E-state index contributed by atoms with van der Waals surface area (Å²) in [5.41, 5.74) is -2.11. The van der Waals surface area contributed by atoms with Crippen LogP contribution in [0.25, 0.3) is 6.08 Å². The van der Waals surface area contributed by atoms with Gasteiger partial charge in [-0.25, -0.2) is 9.59 Å². The zero-order chi connectivity index (χ0) is 27.9. The number of aliphatic carboxylic acids is 1. The predicted octanol–water partition coefficient (Wildman–Crippen LogP) is 0.935. The van der Waals surface area contributed by atoms with Crippen molar-refractivity contribution in [3.8, 4) is 11.5 Å². The lowest BCUT2D eigenvalue weighted by Crippen LogP contribution is -2.59. The third-order valence-corrected chi connectivity index (χ3v) is 4.98. The molecule has 0 saturated heterocycles. The van der Waals surface area contributed by atoms with Gasteiger partial charge in [0.2, 0.25) is 0 Å². The number of hydrogen-bond donors (Lipinski definition) is 2. The molecule has 0 aliphatic heterocycles. The fourth-order valence-electron chi connectivity index (χ4n) is 3.62. The van der Waals surface area contributed by atoms with Gasteiger partial charge >= 0.3 is 35.8 Å². The Morgan fingerprint density at radius 2 is 1.35 bits per heavy atom. The first-order chi connectivity index (χ1) is 17.2. The van der Waals surface area contributed by atoms with E-state index in [-0.39, 0.29) is 11.5 Å². The van der Waals surface area contributed by atoms with Gasteiger partial charge in [0.05, 0.1) is 0 Å². The van der Waals surface area contributed by atoms with Gasteiger partial charge in [0.25, 0.3) is 0 Å². The van der Waals surface area contributed by atoms with E-state index in [0.29, 0.717) is 5.56 Å². The summed E-state index contributed by atoms with van der Waals surface area (Å²) in [6.07, 6.45) is -3.32. The van der Waals surface area contributed by atoms with Crippen LogP contribution in [-0.2, 0) is 43.0 Å². The van der Waals surface area contributed by atoms with Gasteiger partial charge in [0, 0.05) is 46.6 Å².